The predicted molar refractivity (Wildman–Crippen MR) is 102 cm³/mol. The van der Waals surface area contributed by atoms with Crippen molar-refractivity contribution >= 4 is 0 Å². The molecule has 0 fully saturated rings. The molecule has 0 amide bonds. The van der Waals surface area contributed by atoms with Crippen LogP contribution in [0.5, 0.6) is 0 Å². The zero-order valence-corrected chi connectivity index (χ0v) is 15.2. The molecule has 2 aromatic rings. The summed E-state index contributed by atoms with van der Waals surface area (Å²) in [7, 11) is 0. The molecule has 2 rings (SSSR count). The van der Waals surface area contributed by atoms with Gasteiger partial charge in [-0.15, -0.1) is 6.58 Å². The highest BCUT2D eigenvalue weighted by atomic mass is 14.2. The molecule has 0 aliphatic rings. The van der Waals surface area contributed by atoms with Gasteiger partial charge in [0, 0.05) is 0 Å². The quantitative estimate of drug-likeness (QED) is 0.509. The molecule has 0 heterocycles. The lowest BCUT2D eigenvalue weighted by Gasteiger charge is -2.18. The Hall–Kier alpha value is -1.82. The van der Waals surface area contributed by atoms with Gasteiger partial charge in [-0.2, -0.15) is 0 Å². The molecule has 122 valence electrons. The monoisotopic (exact) mass is 306 g/mol. The number of benzene rings is 2. The van der Waals surface area contributed by atoms with Crippen molar-refractivity contribution in [1.82, 2.24) is 0 Å². The van der Waals surface area contributed by atoms with Crippen LogP contribution in [0, 0.1) is 13.8 Å². The van der Waals surface area contributed by atoms with Crippen molar-refractivity contribution in [1.29, 1.82) is 0 Å². The molecular formula is C23H30. The standard InChI is InChI=1S/C23H30/c1-17(2)6-14-22-16-19(4)9-15-23(22)20(5)10-13-21-11-7-18(3)8-12-21/h7-9,11-12,15-16,20H,1,6,10,13-14H2,2-5H3. The van der Waals surface area contributed by atoms with Gasteiger partial charge in [-0.3, -0.25) is 0 Å². The van der Waals surface area contributed by atoms with E-state index >= 15 is 0 Å². The van der Waals surface area contributed by atoms with Gasteiger partial charge < -0.3 is 0 Å². The van der Waals surface area contributed by atoms with Gasteiger partial charge in [0.1, 0.15) is 0 Å². The Morgan fingerprint density at radius 3 is 2.26 bits per heavy atom. The van der Waals surface area contributed by atoms with Crippen LogP contribution in [0.1, 0.15) is 60.4 Å². The third kappa shape index (κ3) is 5.39. The minimum atomic E-state index is 0.594. The maximum Gasteiger partial charge on any atom is -0.0184 e. The second-order valence-electron chi connectivity index (χ2n) is 7.08. The van der Waals surface area contributed by atoms with Crippen LogP contribution in [0.25, 0.3) is 0 Å². The van der Waals surface area contributed by atoms with Gasteiger partial charge in [0.2, 0.25) is 0 Å². The molecule has 1 atom stereocenters. The first-order chi connectivity index (χ1) is 11.0. The van der Waals surface area contributed by atoms with Gasteiger partial charge in [0.05, 0.1) is 0 Å². The molecule has 0 bridgehead atoms. The van der Waals surface area contributed by atoms with Crippen LogP contribution in [0.4, 0.5) is 0 Å². The average Bonchev–Trinajstić information content (AvgIpc) is 2.52. The smallest absolute Gasteiger partial charge is 0.0184 e. The van der Waals surface area contributed by atoms with Gasteiger partial charge in [-0.05, 0) is 69.1 Å². The van der Waals surface area contributed by atoms with E-state index in [-0.39, 0.29) is 0 Å². The molecule has 0 nitrogen and oxygen atoms in total. The Balaban J connectivity index is 2.06. The number of hydrogen-bond donors (Lipinski definition) is 0. The number of allylic oxidation sites excluding steroid dienone is 1. The fourth-order valence-corrected chi connectivity index (χ4v) is 3.07. The summed E-state index contributed by atoms with van der Waals surface area (Å²) < 4.78 is 0. The number of rotatable bonds is 7. The third-order valence-corrected chi connectivity index (χ3v) is 4.64. The minimum Gasteiger partial charge on any atom is -0.100 e. The highest BCUT2D eigenvalue weighted by Crippen LogP contribution is 2.27. The summed E-state index contributed by atoms with van der Waals surface area (Å²) in [5, 5.41) is 0. The van der Waals surface area contributed by atoms with Gasteiger partial charge in [0.25, 0.3) is 0 Å². The van der Waals surface area contributed by atoms with Crippen LogP contribution in [-0.4, -0.2) is 0 Å². The van der Waals surface area contributed by atoms with Gasteiger partial charge in [-0.1, -0.05) is 66.1 Å². The van der Waals surface area contributed by atoms with Crippen molar-refractivity contribution in [2.24, 2.45) is 0 Å². The van der Waals surface area contributed by atoms with Crippen LogP contribution in [-0.2, 0) is 12.8 Å². The second kappa shape index (κ2) is 8.15. The van der Waals surface area contributed by atoms with E-state index in [1.807, 2.05) is 0 Å². The van der Waals surface area contributed by atoms with E-state index in [1.165, 1.54) is 39.8 Å². The first-order valence-electron chi connectivity index (χ1n) is 8.75. The summed E-state index contributed by atoms with van der Waals surface area (Å²) in [5.41, 5.74) is 8.43. The Bertz CT molecular complexity index is 646. The van der Waals surface area contributed by atoms with E-state index in [0.29, 0.717) is 5.92 Å². The molecule has 0 N–H and O–H groups in total. The topological polar surface area (TPSA) is 0 Å². The van der Waals surface area contributed by atoms with Crippen molar-refractivity contribution in [3.8, 4) is 0 Å². The first-order valence-corrected chi connectivity index (χ1v) is 8.75. The lowest BCUT2D eigenvalue weighted by Crippen LogP contribution is -2.02. The zero-order chi connectivity index (χ0) is 16.8. The summed E-state index contributed by atoms with van der Waals surface area (Å²) in [6.07, 6.45) is 4.55. The third-order valence-electron chi connectivity index (χ3n) is 4.64. The lowest BCUT2D eigenvalue weighted by atomic mass is 9.87. The van der Waals surface area contributed by atoms with Crippen molar-refractivity contribution in [2.75, 3.05) is 0 Å². The second-order valence-corrected chi connectivity index (χ2v) is 7.08. The normalized spacial score (nSPS) is 12.2. The maximum absolute atomic E-state index is 4.05. The van der Waals surface area contributed by atoms with Crippen molar-refractivity contribution < 1.29 is 0 Å². The molecule has 0 saturated carbocycles. The van der Waals surface area contributed by atoms with E-state index < -0.39 is 0 Å². The zero-order valence-electron chi connectivity index (χ0n) is 15.2. The van der Waals surface area contributed by atoms with Crippen LogP contribution in [0.15, 0.2) is 54.6 Å². The molecule has 23 heavy (non-hydrogen) atoms. The molecule has 0 radical (unpaired) electrons. The number of hydrogen-bond acceptors (Lipinski definition) is 0. The summed E-state index contributed by atoms with van der Waals surface area (Å²) in [4.78, 5) is 0. The van der Waals surface area contributed by atoms with Crippen molar-refractivity contribution in [2.45, 2.75) is 59.3 Å². The fourth-order valence-electron chi connectivity index (χ4n) is 3.07. The van der Waals surface area contributed by atoms with E-state index in [2.05, 4.69) is 76.7 Å². The fraction of sp³-hybridized carbons (Fsp3) is 0.391. The van der Waals surface area contributed by atoms with Gasteiger partial charge in [0.15, 0.2) is 0 Å². The van der Waals surface area contributed by atoms with Crippen LogP contribution >= 0.6 is 0 Å². The molecule has 1 unspecified atom stereocenters. The largest absolute Gasteiger partial charge is 0.100 e. The summed E-state index contributed by atoms with van der Waals surface area (Å²) in [6.45, 7) is 12.9. The summed E-state index contributed by atoms with van der Waals surface area (Å²) >= 11 is 0. The Labute approximate surface area is 142 Å². The molecule has 0 heteroatoms. The van der Waals surface area contributed by atoms with Crippen LogP contribution in [0.2, 0.25) is 0 Å². The van der Waals surface area contributed by atoms with E-state index in [1.54, 1.807) is 0 Å². The Kier molecular flexibility index (Phi) is 6.21. The van der Waals surface area contributed by atoms with E-state index in [0.717, 1.165) is 19.3 Å². The van der Waals surface area contributed by atoms with E-state index in [9.17, 15) is 0 Å². The average molecular weight is 306 g/mol. The first kappa shape index (κ1) is 17.5. The molecule has 0 aromatic heterocycles. The van der Waals surface area contributed by atoms with E-state index in [4.69, 9.17) is 0 Å². The maximum atomic E-state index is 4.05. The molecular weight excluding hydrogens is 276 g/mol. The molecule has 0 saturated heterocycles. The lowest BCUT2D eigenvalue weighted by molar-refractivity contribution is 0.670. The molecule has 0 spiro atoms. The summed E-state index contributed by atoms with van der Waals surface area (Å²) in [6, 6.07) is 15.9. The molecule has 2 aromatic carbocycles. The van der Waals surface area contributed by atoms with Gasteiger partial charge >= 0.3 is 0 Å². The SMILES string of the molecule is C=C(C)CCc1cc(C)ccc1C(C)CCc1ccc(C)cc1. The minimum absolute atomic E-state index is 0.594. The highest BCUT2D eigenvalue weighted by molar-refractivity contribution is 5.35. The summed E-state index contributed by atoms with van der Waals surface area (Å²) in [5.74, 6) is 0.594. The molecule has 0 aliphatic heterocycles. The van der Waals surface area contributed by atoms with Crippen molar-refractivity contribution in [3.63, 3.8) is 0 Å². The molecule has 0 aliphatic carbocycles. The van der Waals surface area contributed by atoms with Crippen LogP contribution in [0.3, 0.4) is 0 Å². The predicted octanol–water partition coefficient (Wildman–Crippen LogP) is 6.55. The van der Waals surface area contributed by atoms with Crippen LogP contribution < -0.4 is 0 Å². The Morgan fingerprint density at radius 1 is 0.957 bits per heavy atom. The number of aryl methyl sites for hydroxylation is 4. The highest BCUT2D eigenvalue weighted by Gasteiger charge is 2.11. The Morgan fingerprint density at radius 2 is 1.61 bits per heavy atom. The van der Waals surface area contributed by atoms with Crippen molar-refractivity contribution in [3.05, 3.63) is 82.4 Å². The van der Waals surface area contributed by atoms with Gasteiger partial charge in [-0.25, -0.2) is 0 Å².